The number of aryl methyl sites for hydroxylation is 2. The topological polar surface area (TPSA) is 84.5 Å². The molecule has 0 radical (unpaired) electrons. The number of hydrogen-bond donors (Lipinski definition) is 2. The molecule has 0 saturated carbocycles. The number of sulfonamides is 1. The molecule has 0 aliphatic carbocycles. The number of carbonyl (C=O) groups excluding carboxylic acids is 1. The normalized spacial score (nSPS) is 16.7. The van der Waals surface area contributed by atoms with Gasteiger partial charge in [0.25, 0.3) is 15.9 Å². The highest BCUT2D eigenvalue weighted by Gasteiger charge is 2.19. The number of hydrogen-bond acceptors (Lipinski definition) is 4. The fraction of sp³-hybridized carbons (Fsp3) is 0.381. The Labute approximate surface area is 166 Å². The van der Waals surface area contributed by atoms with Crippen LogP contribution in [0.5, 0.6) is 0 Å². The first-order valence-electron chi connectivity index (χ1n) is 9.45. The molecule has 1 fully saturated rings. The standard InChI is InChI=1S/C21H26N2O4S/c1-15-5-8-17(9-6-15)23-28(25,26)19-10-7-16(2)20(14-19)21(24)22-12-11-18-4-3-13-27-18/h5-10,14,18,23H,3-4,11-13H2,1-2H3,(H,22,24). The van der Waals surface area contributed by atoms with E-state index >= 15 is 0 Å². The Hall–Kier alpha value is -2.38. The number of amides is 1. The molecule has 2 aromatic carbocycles. The van der Waals surface area contributed by atoms with Gasteiger partial charge in [0.2, 0.25) is 0 Å². The molecule has 0 aromatic heterocycles. The molecule has 0 bridgehead atoms. The molecule has 6 nitrogen and oxygen atoms in total. The molecule has 150 valence electrons. The highest BCUT2D eigenvalue weighted by atomic mass is 32.2. The fourth-order valence-corrected chi connectivity index (χ4v) is 4.25. The molecule has 2 N–H and O–H groups in total. The molecule has 2 aromatic rings. The summed E-state index contributed by atoms with van der Waals surface area (Å²) in [4.78, 5) is 12.6. The minimum atomic E-state index is -3.78. The van der Waals surface area contributed by atoms with Gasteiger partial charge in [-0.2, -0.15) is 0 Å². The molecule has 28 heavy (non-hydrogen) atoms. The summed E-state index contributed by atoms with van der Waals surface area (Å²) in [6.45, 7) is 5.01. The van der Waals surface area contributed by atoms with Gasteiger partial charge in [0.1, 0.15) is 0 Å². The summed E-state index contributed by atoms with van der Waals surface area (Å²) in [5.74, 6) is -0.275. The number of carbonyl (C=O) groups is 1. The summed E-state index contributed by atoms with van der Waals surface area (Å²) < 4.78 is 33.5. The minimum absolute atomic E-state index is 0.0583. The van der Waals surface area contributed by atoms with Crippen molar-refractivity contribution in [1.29, 1.82) is 0 Å². The Bertz CT molecular complexity index is 933. The minimum Gasteiger partial charge on any atom is -0.378 e. The number of rotatable bonds is 7. The second-order valence-corrected chi connectivity index (χ2v) is 8.81. The summed E-state index contributed by atoms with van der Waals surface area (Å²) >= 11 is 0. The summed E-state index contributed by atoms with van der Waals surface area (Å²) in [7, 11) is -3.78. The second kappa shape index (κ2) is 8.75. The third-order valence-electron chi connectivity index (χ3n) is 4.84. The van der Waals surface area contributed by atoms with Crippen LogP contribution >= 0.6 is 0 Å². The summed E-state index contributed by atoms with van der Waals surface area (Å²) in [5, 5.41) is 2.87. The average Bonchev–Trinajstić information content (AvgIpc) is 3.17. The first kappa shape index (κ1) is 20.4. The van der Waals surface area contributed by atoms with Crippen LogP contribution in [0, 0.1) is 13.8 Å². The van der Waals surface area contributed by atoms with Crippen molar-refractivity contribution in [2.24, 2.45) is 0 Å². The Morgan fingerprint density at radius 3 is 2.57 bits per heavy atom. The van der Waals surface area contributed by atoms with E-state index in [2.05, 4.69) is 10.0 Å². The largest absolute Gasteiger partial charge is 0.378 e. The molecule has 1 aliphatic heterocycles. The van der Waals surface area contributed by atoms with Crippen molar-refractivity contribution in [2.75, 3.05) is 17.9 Å². The van der Waals surface area contributed by atoms with Gasteiger partial charge in [-0.05, 0) is 62.9 Å². The summed E-state index contributed by atoms with van der Waals surface area (Å²) in [5.41, 5.74) is 2.61. The van der Waals surface area contributed by atoms with E-state index in [1.807, 2.05) is 19.1 Å². The van der Waals surface area contributed by atoms with E-state index in [-0.39, 0.29) is 16.9 Å². The van der Waals surface area contributed by atoms with E-state index in [0.717, 1.165) is 37.0 Å². The number of anilines is 1. The third kappa shape index (κ3) is 5.11. The van der Waals surface area contributed by atoms with E-state index in [1.54, 1.807) is 25.1 Å². The zero-order valence-corrected chi connectivity index (χ0v) is 17.0. The lowest BCUT2D eigenvalue weighted by Crippen LogP contribution is -2.28. The molecular formula is C21H26N2O4S. The van der Waals surface area contributed by atoms with Crippen LogP contribution in [0.2, 0.25) is 0 Å². The average molecular weight is 403 g/mol. The van der Waals surface area contributed by atoms with Gasteiger partial charge < -0.3 is 10.1 Å². The Kier molecular flexibility index (Phi) is 6.36. The van der Waals surface area contributed by atoms with Crippen molar-refractivity contribution in [3.63, 3.8) is 0 Å². The van der Waals surface area contributed by atoms with Crippen LogP contribution in [-0.2, 0) is 14.8 Å². The van der Waals surface area contributed by atoms with E-state index in [4.69, 9.17) is 4.74 Å². The lowest BCUT2D eigenvalue weighted by molar-refractivity contribution is 0.0906. The zero-order valence-electron chi connectivity index (χ0n) is 16.2. The first-order chi connectivity index (χ1) is 13.3. The van der Waals surface area contributed by atoms with Gasteiger partial charge >= 0.3 is 0 Å². The lowest BCUT2D eigenvalue weighted by Gasteiger charge is -2.13. The van der Waals surface area contributed by atoms with Gasteiger partial charge in [-0.3, -0.25) is 9.52 Å². The summed E-state index contributed by atoms with van der Waals surface area (Å²) in [6.07, 6.45) is 3.04. The molecule has 1 atom stereocenters. The first-order valence-corrected chi connectivity index (χ1v) is 10.9. The van der Waals surface area contributed by atoms with Crippen LogP contribution in [0.4, 0.5) is 5.69 Å². The van der Waals surface area contributed by atoms with E-state index in [9.17, 15) is 13.2 Å². The van der Waals surface area contributed by atoms with E-state index in [1.165, 1.54) is 12.1 Å². The van der Waals surface area contributed by atoms with Gasteiger partial charge in [0.05, 0.1) is 11.0 Å². The Morgan fingerprint density at radius 2 is 1.89 bits per heavy atom. The molecule has 1 aliphatic rings. The van der Waals surface area contributed by atoms with Gasteiger partial charge in [0.15, 0.2) is 0 Å². The maximum Gasteiger partial charge on any atom is 0.261 e. The molecule has 1 unspecified atom stereocenters. The maximum atomic E-state index is 12.7. The fourth-order valence-electron chi connectivity index (χ4n) is 3.16. The smallest absolute Gasteiger partial charge is 0.261 e. The van der Waals surface area contributed by atoms with Crippen molar-refractivity contribution < 1.29 is 17.9 Å². The molecular weight excluding hydrogens is 376 g/mol. The Morgan fingerprint density at radius 1 is 1.14 bits per heavy atom. The van der Waals surface area contributed by atoms with Crippen LogP contribution in [-0.4, -0.2) is 33.6 Å². The SMILES string of the molecule is Cc1ccc(NS(=O)(=O)c2ccc(C)c(C(=O)NCCC3CCCO3)c2)cc1. The highest BCUT2D eigenvalue weighted by molar-refractivity contribution is 7.92. The second-order valence-electron chi connectivity index (χ2n) is 7.13. The molecule has 3 rings (SSSR count). The number of ether oxygens (including phenoxy) is 1. The predicted molar refractivity (Wildman–Crippen MR) is 109 cm³/mol. The maximum absolute atomic E-state index is 12.7. The Balaban J connectivity index is 1.70. The monoisotopic (exact) mass is 402 g/mol. The quantitative estimate of drug-likeness (QED) is 0.743. The molecule has 1 amide bonds. The highest BCUT2D eigenvalue weighted by Crippen LogP contribution is 2.20. The van der Waals surface area contributed by atoms with Gasteiger partial charge in [-0.15, -0.1) is 0 Å². The van der Waals surface area contributed by atoms with Crippen molar-refractivity contribution in [2.45, 2.75) is 44.1 Å². The summed E-state index contributed by atoms with van der Waals surface area (Å²) in [6, 6.07) is 11.7. The zero-order chi connectivity index (χ0) is 20.1. The number of benzene rings is 2. The molecule has 7 heteroatoms. The van der Waals surface area contributed by atoms with Crippen molar-refractivity contribution >= 4 is 21.6 Å². The van der Waals surface area contributed by atoms with Crippen molar-refractivity contribution in [1.82, 2.24) is 5.32 Å². The number of nitrogens with one attached hydrogen (secondary N) is 2. The predicted octanol–water partition coefficient (Wildman–Crippen LogP) is 3.40. The molecule has 1 heterocycles. The lowest BCUT2D eigenvalue weighted by atomic mass is 10.1. The van der Waals surface area contributed by atoms with Crippen LogP contribution in [0.25, 0.3) is 0 Å². The van der Waals surface area contributed by atoms with E-state index < -0.39 is 10.0 Å². The van der Waals surface area contributed by atoms with Crippen LogP contribution in [0.3, 0.4) is 0 Å². The molecule has 1 saturated heterocycles. The van der Waals surface area contributed by atoms with Crippen LogP contribution in [0.15, 0.2) is 47.4 Å². The van der Waals surface area contributed by atoms with E-state index in [0.29, 0.717) is 17.8 Å². The molecule has 0 spiro atoms. The van der Waals surface area contributed by atoms with Crippen molar-refractivity contribution in [3.8, 4) is 0 Å². The van der Waals surface area contributed by atoms with Crippen molar-refractivity contribution in [3.05, 3.63) is 59.2 Å². The van der Waals surface area contributed by atoms with Gasteiger partial charge in [-0.1, -0.05) is 23.8 Å². The third-order valence-corrected chi connectivity index (χ3v) is 6.22. The van der Waals surface area contributed by atoms with Crippen LogP contribution < -0.4 is 10.0 Å². The van der Waals surface area contributed by atoms with Gasteiger partial charge in [-0.25, -0.2) is 8.42 Å². The van der Waals surface area contributed by atoms with Crippen LogP contribution in [0.1, 0.15) is 40.7 Å². The van der Waals surface area contributed by atoms with Gasteiger partial charge in [0, 0.05) is 24.4 Å².